The van der Waals surface area contributed by atoms with Gasteiger partial charge >= 0.3 is 0 Å². The summed E-state index contributed by atoms with van der Waals surface area (Å²) in [6, 6.07) is 1.65. The molecule has 0 fully saturated rings. The summed E-state index contributed by atoms with van der Waals surface area (Å²) >= 11 is 3.27. The molecule has 0 aliphatic carbocycles. The van der Waals surface area contributed by atoms with E-state index in [0.717, 1.165) is 19.4 Å². The number of halogens is 1. The Bertz CT molecular complexity index is 350. The molecular formula is C11H19BrN4O. The van der Waals surface area contributed by atoms with Gasteiger partial charge in [0.25, 0.3) is 0 Å². The molecule has 6 heteroatoms. The van der Waals surface area contributed by atoms with Crippen molar-refractivity contribution in [2.45, 2.75) is 26.7 Å². The summed E-state index contributed by atoms with van der Waals surface area (Å²) in [5.41, 5.74) is 5.71. The number of aliphatic hydroxyl groups excluding tert-OH is 1. The average molecular weight is 303 g/mol. The monoisotopic (exact) mass is 302 g/mol. The van der Waals surface area contributed by atoms with E-state index in [-0.39, 0.29) is 12.0 Å². The predicted octanol–water partition coefficient (Wildman–Crippen LogP) is 2.03. The number of nitrogens with two attached hydrogens (primary N) is 1. The fourth-order valence-electron chi connectivity index (χ4n) is 1.48. The third-order valence-corrected chi connectivity index (χ3v) is 2.86. The van der Waals surface area contributed by atoms with Crippen LogP contribution >= 0.6 is 15.9 Å². The molecule has 4 N–H and O–H groups in total. The number of hydrogen-bond acceptors (Lipinski definition) is 5. The van der Waals surface area contributed by atoms with Crippen LogP contribution in [0.3, 0.4) is 0 Å². The van der Waals surface area contributed by atoms with Gasteiger partial charge in [0.2, 0.25) is 5.95 Å². The number of nitrogens with zero attached hydrogens (tertiary/aromatic N) is 2. The number of anilines is 2. The number of aliphatic hydroxyl groups is 1. The van der Waals surface area contributed by atoms with Crippen molar-refractivity contribution >= 4 is 27.7 Å². The van der Waals surface area contributed by atoms with Crippen LogP contribution in [0.4, 0.5) is 11.8 Å². The summed E-state index contributed by atoms with van der Waals surface area (Å²) in [7, 11) is 0. The molecule has 0 aromatic carbocycles. The SMILES string of the molecule is CC(C)(CCCO)CNc1nc(N)cc(Br)n1. The highest BCUT2D eigenvalue weighted by molar-refractivity contribution is 9.10. The van der Waals surface area contributed by atoms with E-state index < -0.39 is 0 Å². The minimum Gasteiger partial charge on any atom is -0.396 e. The third-order valence-electron chi connectivity index (χ3n) is 2.45. The van der Waals surface area contributed by atoms with Crippen LogP contribution < -0.4 is 11.1 Å². The molecule has 17 heavy (non-hydrogen) atoms. The number of nitrogens with one attached hydrogen (secondary N) is 1. The van der Waals surface area contributed by atoms with E-state index in [1.165, 1.54) is 0 Å². The van der Waals surface area contributed by atoms with E-state index in [0.29, 0.717) is 16.4 Å². The lowest BCUT2D eigenvalue weighted by molar-refractivity contribution is 0.247. The van der Waals surface area contributed by atoms with Gasteiger partial charge in [-0.3, -0.25) is 0 Å². The summed E-state index contributed by atoms with van der Waals surface area (Å²) in [5, 5.41) is 12.0. The zero-order valence-electron chi connectivity index (χ0n) is 10.2. The van der Waals surface area contributed by atoms with Crippen molar-refractivity contribution in [2.75, 3.05) is 24.2 Å². The van der Waals surface area contributed by atoms with Crippen molar-refractivity contribution in [1.29, 1.82) is 0 Å². The number of aromatic nitrogens is 2. The van der Waals surface area contributed by atoms with Crippen LogP contribution in [0.2, 0.25) is 0 Å². The number of hydrogen-bond donors (Lipinski definition) is 3. The molecular weight excluding hydrogens is 284 g/mol. The topological polar surface area (TPSA) is 84.1 Å². The zero-order chi connectivity index (χ0) is 12.9. The second-order valence-electron chi connectivity index (χ2n) is 4.78. The smallest absolute Gasteiger partial charge is 0.225 e. The van der Waals surface area contributed by atoms with E-state index in [1.54, 1.807) is 6.07 Å². The van der Waals surface area contributed by atoms with Crippen LogP contribution in [0.5, 0.6) is 0 Å². The minimum absolute atomic E-state index is 0.0865. The highest BCUT2D eigenvalue weighted by Gasteiger charge is 2.17. The summed E-state index contributed by atoms with van der Waals surface area (Å²) in [6.07, 6.45) is 1.75. The van der Waals surface area contributed by atoms with Gasteiger partial charge in [0.05, 0.1) is 0 Å². The van der Waals surface area contributed by atoms with Crippen LogP contribution in [0, 0.1) is 5.41 Å². The fourth-order valence-corrected chi connectivity index (χ4v) is 1.88. The molecule has 5 nitrogen and oxygen atoms in total. The molecule has 0 atom stereocenters. The molecule has 1 aromatic rings. The van der Waals surface area contributed by atoms with Gasteiger partial charge in [-0.15, -0.1) is 0 Å². The Balaban J connectivity index is 2.54. The van der Waals surface area contributed by atoms with Gasteiger partial charge in [0.15, 0.2) is 0 Å². The maximum absolute atomic E-state index is 8.82. The Morgan fingerprint density at radius 1 is 1.47 bits per heavy atom. The molecule has 0 spiro atoms. The highest BCUT2D eigenvalue weighted by Crippen LogP contribution is 2.22. The summed E-state index contributed by atoms with van der Waals surface area (Å²) in [5.74, 6) is 0.955. The molecule has 0 saturated carbocycles. The van der Waals surface area contributed by atoms with E-state index in [1.807, 2.05) is 0 Å². The molecule has 0 radical (unpaired) electrons. The maximum atomic E-state index is 8.82. The molecule has 0 bridgehead atoms. The van der Waals surface area contributed by atoms with Crippen LogP contribution in [0.15, 0.2) is 10.7 Å². The number of rotatable bonds is 6. The Morgan fingerprint density at radius 2 is 2.18 bits per heavy atom. The van der Waals surface area contributed by atoms with E-state index in [2.05, 4.69) is 45.1 Å². The first kappa shape index (κ1) is 14.2. The third kappa shape index (κ3) is 5.32. The fraction of sp³-hybridized carbons (Fsp3) is 0.636. The molecule has 96 valence electrons. The van der Waals surface area contributed by atoms with Gasteiger partial charge in [-0.05, 0) is 34.2 Å². The summed E-state index contributed by atoms with van der Waals surface area (Å²) in [4.78, 5) is 8.28. The Kier molecular flexibility index (Phi) is 5.14. The van der Waals surface area contributed by atoms with E-state index in [9.17, 15) is 0 Å². The molecule has 1 heterocycles. The van der Waals surface area contributed by atoms with Crippen molar-refractivity contribution in [3.63, 3.8) is 0 Å². The molecule has 1 aromatic heterocycles. The maximum Gasteiger partial charge on any atom is 0.225 e. The molecule has 0 unspecified atom stereocenters. The van der Waals surface area contributed by atoms with Gasteiger partial charge in [-0.2, -0.15) is 4.98 Å². The quantitative estimate of drug-likeness (QED) is 0.700. The molecule has 1 rings (SSSR count). The van der Waals surface area contributed by atoms with Gasteiger partial charge in [-0.25, -0.2) is 4.98 Å². The first-order valence-electron chi connectivity index (χ1n) is 5.58. The van der Waals surface area contributed by atoms with Crippen LogP contribution in [0.1, 0.15) is 26.7 Å². The van der Waals surface area contributed by atoms with Crippen LogP contribution in [-0.4, -0.2) is 28.2 Å². The lowest BCUT2D eigenvalue weighted by Gasteiger charge is -2.24. The predicted molar refractivity (Wildman–Crippen MR) is 72.7 cm³/mol. The molecule has 0 aliphatic rings. The van der Waals surface area contributed by atoms with Crippen molar-refractivity contribution in [1.82, 2.24) is 9.97 Å². The Hall–Kier alpha value is -0.880. The zero-order valence-corrected chi connectivity index (χ0v) is 11.8. The summed E-state index contributed by atoms with van der Waals surface area (Å²) in [6.45, 7) is 5.24. The second kappa shape index (κ2) is 6.16. The first-order chi connectivity index (χ1) is 7.93. The van der Waals surface area contributed by atoms with Crippen LogP contribution in [0.25, 0.3) is 0 Å². The average Bonchev–Trinajstić information content (AvgIpc) is 2.23. The van der Waals surface area contributed by atoms with Gasteiger partial charge in [0, 0.05) is 19.2 Å². The first-order valence-corrected chi connectivity index (χ1v) is 6.37. The molecule has 0 amide bonds. The number of nitrogen functional groups attached to an aromatic ring is 1. The lowest BCUT2D eigenvalue weighted by atomic mass is 9.88. The summed E-state index contributed by atoms with van der Waals surface area (Å²) < 4.78 is 0.667. The highest BCUT2D eigenvalue weighted by atomic mass is 79.9. The van der Waals surface area contributed by atoms with Gasteiger partial charge in [-0.1, -0.05) is 13.8 Å². The standard InChI is InChI=1S/C11H19BrN4O/c1-11(2,4-3-5-17)7-14-10-15-8(12)6-9(13)16-10/h6,17H,3-5,7H2,1-2H3,(H3,13,14,15,16). The van der Waals surface area contributed by atoms with Gasteiger partial charge in [0.1, 0.15) is 10.4 Å². The van der Waals surface area contributed by atoms with E-state index >= 15 is 0 Å². The largest absolute Gasteiger partial charge is 0.396 e. The second-order valence-corrected chi connectivity index (χ2v) is 5.60. The Morgan fingerprint density at radius 3 is 2.76 bits per heavy atom. The van der Waals surface area contributed by atoms with Crippen molar-refractivity contribution in [3.8, 4) is 0 Å². The van der Waals surface area contributed by atoms with Crippen molar-refractivity contribution in [2.24, 2.45) is 5.41 Å². The molecule has 0 aliphatic heterocycles. The van der Waals surface area contributed by atoms with Crippen molar-refractivity contribution < 1.29 is 5.11 Å². The Labute approximate surface area is 110 Å². The normalized spacial score (nSPS) is 11.5. The van der Waals surface area contributed by atoms with Crippen LogP contribution in [-0.2, 0) is 0 Å². The van der Waals surface area contributed by atoms with Gasteiger partial charge < -0.3 is 16.2 Å². The lowest BCUT2D eigenvalue weighted by Crippen LogP contribution is -2.24. The molecule has 0 saturated heterocycles. The van der Waals surface area contributed by atoms with Crippen molar-refractivity contribution in [3.05, 3.63) is 10.7 Å². The van der Waals surface area contributed by atoms with E-state index in [4.69, 9.17) is 10.8 Å². The minimum atomic E-state index is 0.0865.